The van der Waals surface area contributed by atoms with Crippen molar-refractivity contribution in [1.29, 1.82) is 0 Å². The molecule has 0 aliphatic heterocycles. The summed E-state index contributed by atoms with van der Waals surface area (Å²) >= 11 is 0. The molecule has 0 aromatic carbocycles. The maximum Gasteiger partial charge on any atom is 0.302 e. The van der Waals surface area contributed by atoms with Crippen LogP contribution in [0.15, 0.2) is 23.3 Å². The molecule has 0 amide bonds. The topological polar surface area (TPSA) is 26.3 Å². The maximum atomic E-state index is 11.4. The number of fused-ring (bicyclic) bond motifs is 5. The van der Waals surface area contributed by atoms with E-state index in [1.807, 2.05) is 0 Å². The van der Waals surface area contributed by atoms with Crippen molar-refractivity contribution < 1.29 is 9.53 Å². The highest BCUT2D eigenvalue weighted by Crippen LogP contribution is 2.67. The summed E-state index contributed by atoms with van der Waals surface area (Å²) in [4.78, 5) is 11.4. The molecule has 4 aliphatic carbocycles. The second-order valence-electron chi connectivity index (χ2n) is 11.1. The Hall–Kier alpha value is -1.05. The highest BCUT2D eigenvalue weighted by molar-refractivity contribution is 5.66. The molecule has 2 nitrogen and oxygen atoms in total. The van der Waals surface area contributed by atoms with Gasteiger partial charge in [0.1, 0.15) is 6.10 Å². The van der Waals surface area contributed by atoms with Gasteiger partial charge >= 0.3 is 5.97 Å². The molecular weight excluding hydrogens is 356 g/mol. The van der Waals surface area contributed by atoms with Crippen molar-refractivity contribution in [3.05, 3.63) is 23.3 Å². The Morgan fingerprint density at radius 1 is 1.14 bits per heavy atom. The fraction of sp³-hybridized carbons (Fsp3) is 0.815. The lowest BCUT2D eigenvalue weighted by Crippen LogP contribution is -2.50. The van der Waals surface area contributed by atoms with E-state index < -0.39 is 0 Å². The van der Waals surface area contributed by atoms with E-state index in [1.165, 1.54) is 51.4 Å². The normalized spacial score (nSPS) is 44.4. The third kappa shape index (κ3) is 3.53. The van der Waals surface area contributed by atoms with Crippen LogP contribution in [0.3, 0.4) is 0 Å². The monoisotopic (exact) mass is 398 g/mol. The van der Waals surface area contributed by atoms with E-state index in [1.54, 1.807) is 18.1 Å². The van der Waals surface area contributed by atoms with Gasteiger partial charge in [0.25, 0.3) is 0 Å². The van der Waals surface area contributed by atoms with Crippen molar-refractivity contribution in [1.82, 2.24) is 0 Å². The second-order valence-corrected chi connectivity index (χ2v) is 11.1. The molecule has 7 unspecified atom stereocenters. The van der Waals surface area contributed by atoms with Crippen LogP contribution >= 0.6 is 0 Å². The van der Waals surface area contributed by atoms with E-state index in [9.17, 15) is 4.79 Å². The first-order valence-electron chi connectivity index (χ1n) is 12.3. The number of carbonyl (C=O) groups excluding carboxylic acids is 1. The Kier molecular flexibility index (Phi) is 5.77. The first kappa shape index (κ1) is 21.2. The zero-order valence-corrected chi connectivity index (χ0v) is 19.4. The first-order chi connectivity index (χ1) is 13.8. The quantitative estimate of drug-likeness (QED) is 0.368. The average molecular weight is 399 g/mol. The van der Waals surface area contributed by atoms with Gasteiger partial charge in [-0.25, -0.2) is 0 Å². The Morgan fingerprint density at radius 2 is 1.93 bits per heavy atom. The summed E-state index contributed by atoms with van der Waals surface area (Å²) in [6, 6.07) is 0. The highest BCUT2D eigenvalue weighted by atomic mass is 16.5. The molecule has 0 aromatic rings. The lowest BCUT2D eigenvalue weighted by molar-refractivity contribution is -0.148. The number of esters is 1. The summed E-state index contributed by atoms with van der Waals surface area (Å²) < 4.78 is 5.59. The number of rotatable bonds is 4. The molecule has 0 N–H and O–H groups in total. The summed E-state index contributed by atoms with van der Waals surface area (Å²) in [5.41, 5.74) is 4.13. The van der Waals surface area contributed by atoms with Gasteiger partial charge in [-0.1, -0.05) is 50.5 Å². The number of hydrogen-bond donors (Lipinski definition) is 0. The number of carbonyl (C=O) groups is 1. The van der Waals surface area contributed by atoms with Gasteiger partial charge in [-0.15, -0.1) is 0 Å². The van der Waals surface area contributed by atoms with Crippen LogP contribution in [0.4, 0.5) is 0 Å². The van der Waals surface area contributed by atoms with Crippen LogP contribution in [0, 0.1) is 34.5 Å². The molecule has 0 heterocycles. The lowest BCUT2D eigenvalue weighted by Gasteiger charge is -2.58. The van der Waals surface area contributed by atoms with Gasteiger partial charge in [0.05, 0.1) is 0 Å². The van der Waals surface area contributed by atoms with Crippen molar-refractivity contribution in [3.63, 3.8) is 0 Å². The fourth-order valence-electron chi connectivity index (χ4n) is 8.23. The number of ether oxygens (including phenoxy) is 1. The molecule has 4 rings (SSSR count). The lowest BCUT2D eigenvalue weighted by atomic mass is 9.47. The largest absolute Gasteiger partial charge is 0.462 e. The molecule has 0 saturated heterocycles. The number of unbranched alkanes of at least 4 members (excludes halogenated alkanes) is 1. The van der Waals surface area contributed by atoms with Crippen LogP contribution in [0.1, 0.15) is 98.8 Å². The van der Waals surface area contributed by atoms with E-state index >= 15 is 0 Å². The number of hydrogen-bond acceptors (Lipinski definition) is 2. The number of allylic oxidation sites excluding steroid dienone is 3. The van der Waals surface area contributed by atoms with E-state index in [4.69, 9.17) is 4.74 Å². The van der Waals surface area contributed by atoms with E-state index in [0.29, 0.717) is 10.8 Å². The zero-order valence-electron chi connectivity index (χ0n) is 19.4. The minimum atomic E-state index is -0.121. The molecule has 0 radical (unpaired) electrons. The van der Waals surface area contributed by atoms with E-state index in [2.05, 4.69) is 39.8 Å². The predicted octanol–water partition coefficient (Wildman–Crippen LogP) is 7.24. The molecule has 7 atom stereocenters. The standard InChI is InChI=1S/C27H42O2/c1-6-7-8-18(2)23-11-12-24-22-10-9-20-17-21(29-19(3)28)13-15-26(20,4)25(22)14-16-27(23,24)5/h8-9,21-25H,6-7,10-17H2,1-5H3/b18-8-. The Balaban J connectivity index is 1.55. The van der Waals surface area contributed by atoms with Gasteiger partial charge < -0.3 is 4.74 Å². The van der Waals surface area contributed by atoms with Crippen molar-refractivity contribution >= 4 is 5.97 Å². The summed E-state index contributed by atoms with van der Waals surface area (Å²) in [5, 5.41) is 0. The van der Waals surface area contributed by atoms with Crippen molar-refractivity contribution in [2.45, 2.75) is 105 Å². The highest BCUT2D eigenvalue weighted by Gasteiger charge is 2.58. The predicted molar refractivity (Wildman–Crippen MR) is 119 cm³/mol. The summed E-state index contributed by atoms with van der Waals surface area (Å²) in [5.74, 6) is 3.26. The van der Waals surface area contributed by atoms with Crippen molar-refractivity contribution in [2.75, 3.05) is 0 Å². The zero-order chi connectivity index (χ0) is 20.8. The van der Waals surface area contributed by atoms with Gasteiger partial charge in [0.2, 0.25) is 0 Å². The molecule has 4 aliphatic rings. The van der Waals surface area contributed by atoms with Gasteiger partial charge in [0, 0.05) is 13.3 Å². The minimum absolute atomic E-state index is 0.111. The third-order valence-electron chi connectivity index (χ3n) is 9.70. The first-order valence-corrected chi connectivity index (χ1v) is 12.3. The van der Waals surface area contributed by atoms with Crippen molar-refractivity contribution in [3.8, 4) is 0 Å². The maximum absolute atomic E-state index is 11.4. The van der Waals surface area contributed by atoms with Gasteiger partial charge in [-0.3, -0.25) is 4.79 Å². The van der Waals surface area contributed by atoms with Crippen LogP contribution in [0.25, 0.3) is 0 Å². The van der Waals surface area contributed by atoms with Gasteiger partial charge in [0.15, 0.2) is 0 Å². The average Bonchev–Trinajstić information content (AvgIpc) is 3.03. The molecule has 162 valence electrons. The smallest absolute Gasteiger partial charge is 0.302 e. The van der Waals surface area contributed by atoms with Crippen LogP contribution in [0.5, 0.6) is 0 Å². The summed E-state index contributed by atoms with van der Waals surface area (Å²) in [6.45, 7) is 11.4. The minimum Gasteiger partial charge on any atom is -0.462 e. The van der Waals surface area contributed by atoms with Crippen LogP contribution in [0.2, 0.25) is 0 Å². The van der Waals surface area contributed by atoms with Gasteiger partial charge in [-0.2, -0.15) is 0 Å². The second kappa shape index (κ2) is 7.89. The molecule has 2 heteroatoms. The van der Waals surface area contributed by atoms with Crippen LogP contribution in [-0.4, -0.2) is 12.1 Å². The Labute approximate surface area is 178 Å². The third-order valence-corrected chi connectivity index (χ3v) is 9.70. The summed E-state index contributed by atoms with van der Waals surface area (Å²) in [6.07, 6.45) is 17.8. The van der Waals surface area contributed by atoms with Gasteiger partial charge in [-0.05, 0) is 92.8 Å². The van der Waals surface area contributed by atoms with Crippen molar-refractivity contribution in [2.24, 2.45) is 34.5 Å². The molecular formula is C27H42O2. The van der Waals surface area contributed by atoms with Crippen LogP contribution < -0.4 is 0 Å². The SMILES string of the molecule is CCC/C=C(/C)C1CCC2C3CC=C4CC(OC(C)=O)CCC4(C)C3CCC12C. The van der Waals surface area contributed by atoms with E-state index in [-0.39, 0.29) is 12.1 Å². The molecule has 3 saturated carbocycles. The molecule has 29 heavy (non-hydrogen) atoms. The summed E-state index contributed by atoms with van der Waals surface area (Å²) in [7, 11) is 0. The van der Waals surface area contributed by atoms with Crippen LogP contribution in [-0.2, 0) is 9.53 Å². The fourth-order valence-corrected chi connectivity index (χ4v) is 8.23. The Bertz CT molecular complexity index is 703. The molecule has 0 aromatic heterocycles. The van der Waals surface area contributed by atoms with E-state index in [0.717, 1.165) is 36.5 Å². The molecule has 0 spiro atoms. The molecule has 0 bridgehead atoms. The molecule has 3 fully saturated rings. The Morgan fingerprint density at radius 3 is 2.66 bits per heavy atom.